The molecule has 0 atom stereocenters. The molecule has 0 spiro atoms. The molecular formula is C16H14N6O2S. The van der Waals surface area contributed by atoms with Gasteiger partial charge in [0, 0.05) is 10.9 Å². The Morgan fingerprint density at radius 2 is 1.92 bits per heavy atom. The number of nitrogens with one attached hydrogen (secondary N) is 1. The van der Waals surface area contributed by atoms with E-state index in [1.807, 2.05) is 24.4 Å². The maximum atomic E-state index is 11.3. The van der Waals surface area contributed by atoms with Crippen LogP contribution in [0.25, 0.3) is 22.2 Å². The minimum absolute atomic E-state index is 0.0870. The van der Waals surface area contributed by atoms with E-state index in [1.165, 1.54) is 12.1 Å². The lowest BCUT2D eigenvalue weighted by Gasteiger charge is -2.02. The monoisotopic (exact) mass is 354 g/mol. The van der Waals surface area contributed by atoms with Gasteiger partial charge in [0.05, 0.1) is 29.4 Å². The number of nitrogens with two attached hydrogens (primary N) is 1. The van der Waals surface area contributed by atoms with Crippen molar-refractivity contribution < 1.29 is 8.42 Å². The lowest BCUT2D eigenvalue weighted by molar-refractivity contribution is 0.597. The molecule has 2 heterocycles. The number of fused-ring (bicyclic) bond motifs is 1. The van der Waals surface area contributed by atoms with E-state index in [1.54, 1.807) is 23.0 Å². The number of nitrogens with zero attached hydrogens (tertiary/aromatic N) is 4. The smallest absolute Gasteiger partial charge is 0.238 e. The number of hydrogen-bond acceptors (Lipinski definition) is 5. The molecule has 4 rings (SSSR count). The minimum Gasteiger partial charge on any atom is -0.278 e. The zero-order valence-electron chi connectivity index (χ0n) is 13.0. The summed E-state index contributed by atoms with van der Waals surface area (Å²) in [5.74, 6) is 0. The highest BCUT2D eigenvalue weighted by molar-refractivity contribution is 7.89. The van der Waals surface area contributed by atoms with Crippen molar-refractivity contribution in [2.45, 2.75) is 11.4 Å². The van der Waals surface area contributed by atoms with Crippen molar-refractivity contribution in [1.82, 2.24) is 25.2 Å². The maximum absolute atomic E-state index is 11.3. The summed E-state index contributed by atoms with van der Waals surface area (Å²) < 4.78 is 24.3. The minimum atomic E-state index is -3.68. The van der Waals surface area contributed by atoms with E-state index in [2.05, 4.69) is 20.5 Å². The third kappa shape index (κ3) is 3.14. The SMILES string of the molecule is NS(=O)(=O)c1ccc(Cn2cc(-c3ccc4[nH]ncc4c3)nn2)cc1. The fourth-order valence-electron chi connectivity index (χ4n) is 2.58. The molecule has 0 aliphatic rings. The summed E-state index contributed by atoms with van der Waals surface area (Å²) in [7, 11) is -3.68. The summed E-state index contributed by atoms with van der Waals surface area (Å²) in [5, 5.41) is 21.3. The van der Waals surface area contributed by atoms with Crippen LogP contribution in [-0.4, -0.2) is 33.6 Å². The van der Waals surface area contributed by atoms with E-state index in [0.29, 0.717) is 6.54 Å². The third-order valence-electron chi connectivity index (χ3n) is 3.87. The Bertz CT molecular complexity index is 1140. The first kappa shape index (κ1) is 15.5. The fourth-order valence-corrected chi connectivity index (χ4v) is 3.10. The van der Waals surface area contributed by atoms with Crippen LogP contribution in [0.5, 0.6) is 0 Å². The summed E-state index contributed by atoms with van der Waals surface area (Å²) in [4.78, 5) is 0.0870. The van der Waals surface area contributed by atoms with Gasteiger partial charge in [-0.25, -0.2) is 18.2 Å². The van der Waals surface area contributed by atoms with E-state index in [-0.39, 0.29) is 4.90 Å². The van der Waals surface area contributed by atoms with Gasteiger partial charge in [-0.05, 0) is 29.8 Å². The lowest BCUT2D eigenvalue weighted by Crippen LogP contribution is -2.12. The molecule has 0 fully saturated rings. The van der Waals surface area contributed by atoms with Crippen molar-refractivity contribution in [2.75, 3.05) is 0 Å². The van der Waals surface area contributed by atoms with Gasteiger partial charge >= 0.3 is 0 Å². The normalized spacial score (nSPS) is 11.9. The van der Waals surface area contributed by atoms with Gasteiger partial charge < -0.3 is 0 Å². The van der Waals surface area contributed by atoms with Crippen molar-refractivity contribution in [2.24, 2.45) is 5.14 Å². The van der Waals surface area contributed by atoms with E-state index in [0.717, 1.165) is 27.7 Å². The van der Waals surface area contributed by atoms with Gasteiger partial charge in [0.2, 0.25) is 10.0 Å². The quantitative estimate of drug-likeness (QED) is 0.576. The predicted molar refractivity (Wildman–Crippen MR) is 92.0 cm³/mol. The lowest BCUT2D eigenvalue weighted by atomic mass is 10.1. The number of aromatic amines is 1. The molecule has 9 heteroatoms. The largest absolute Gasteiger partial charge is 0.278 e. The highest BCUT2D eigenvalue weighted by Gasteiger charge is 2.09. The summed E-state index contributed by atoms with van der Waals surface area (Å²) >= 11 is 0. The molecule has 0 bridgehead atoms. The number of primary sulfonamides is 1. The number of H-pyrrole nitrogens is 1. The molecule has 3 N–H and O–H groups in total. The molecule has 0 aliphatic carbocycles. The molecule has 0 aliphatic heterocycles. The fraction of sp³-hybridized carbons (Fsp3) is 0.0625. The number of sulfonamides is 1. The highest BCUT2D eigenvalue weighted by atomic mass is 32.2. The van der Waals surface area contributed by atoms with Crippen molar-refractivity contribution in [3.63, 3.8) is 0 Å². The second-order valence-corrected chi connectivity index (χ2v) is 7.22. The number of hydrogen-bond donors (Lipinski definition) is 2. The second-order valence-electron chi connectivity index (χ2n) is 5.66. The van der Waals surface area contributed by atoms with Gasteiger partial charge in [-0.15, -0.1) is 5.10 Å². The van der Waals surface area contributed by atoms with E-state index in [9.17, 15) is 8.42 Å². The second kappa shape index (κ2) is 5.80. The average Bonchev–Trinajstić information content (AvgIpc) is 3.22. The van der Waals surface area contributed by atoms with Gasteiger partial charge in [-0.2, -0.15) is 5.10 Å². The molecular weight excluding hydrogens is 340 g/mol. The van der Waals surface area contributed by atoms with Crippen molar-refractivity contribution in [1.29, 1.82) is 0 Å². The molecule has 126 valence electrons. The molecule has 8 nitrogen and oxygen atoms in total. The van der Waals surface area contributed by atoms with Crippen LogP contribution in [0.1, 0.15) is 5.56 Å². The molecule has 25 heavy (non-hydrogen) atoms. The Morgan fingerprint density at radius 1 is 1.12 bits per heavy atom. The average molecular weight is 354 g/mol. The summed E-state index contributed by atoms with van der Waals surface area (Å²) in [5.41, 5.74) is 3.56. The topological polar surface area (TPSA) is 120 Å². The number of rotatable bonds is 4. The molecule has 0 saturated heterocycles. The van der Waals surface area contributed by atoms with E-state index in [4.69, 9.17) is 5.14 Å². The molecule has 0 amide bonds. The van der Waals surface area contributed by atoms with Crippen molar-refractivity contribution in [3.8, 4) is 11.3 Å². The predicted octanol–water partition coefficient (Wildman–Crippen LogP) is 1.52. The van der Waals surface area contributed by atoms with Gasteiger partial charge in [0.25, 0.3) is 0 Å². The molecule has 0 saturated carbocycles. The first-order chi connectivity index (χ1) is 12.0. The Labute approximate surface area is 143 Å². The highest BCUT2D eigenvalue weighted by Crippen LogP contribution is 2.21. The van der Waals surface area contributed by atoms with E-state index >= 15 is 0 Å². The summed E-state index contributed by atoms with van der Waals surface area (Å²) in [6.07, 6.45) is 3.60. The number of benzene rings is 2. The molecule has 2 aromatic heterocycles. The first-order valence-corrected chi connectivity index (χ1v) is 8.99. The molecule has 0 unspecified atom stereocenters. The molecule has 4 aromatic rings. The summed E-state index contributed by atoms with van der Waals surface area (Å²) in [6, 6.07) is 12.3. The van der Waals surface area contributed by atoms with Crippen LogP contribution in [0.15, 0.2) is 59.8 Å². The Hall–Kier alpha value is -3.04. The maximum Gasteiger partial charge on any atom is 0.238 e. The van der Waals surface area contributed by atoms with Crippen LogP contribution in [0.3, 0.4) is 0 Å². The summed E-state index contributed by atoms with van der Waals surface area (Å²) in [6.45, 7) is 0.478. The molecule has 2 aromatic carbocycles. The first-order valence-electron chi connectivity index (χ1n) is 7.44. The van der Waals surface area contributed by atoms with Crippen LogP contribution in [0.2, 0.25) is 0 Å². The van der Waals surface area contributed by atoms with Gasteiger partial charge in [-0.1, -0.05) is 23.4 Å². The van der Waals surface area contributed by atoms with Crippen molar-refractivity contribution >= 4 is 20.9 Å². The standard InChI is InChI=1S/C16H14N6O2S/c17-25(23,24)14-4-1-11(2-5-14)9-22-10-16(20-21-22)12-3-6-15-13(7-12)8-18-19-15/h1-8,10H,9H2,(H,18,19)(H2,17,23,24). The van der Waals surface area contributed by atoms with Crippen LogP contribution in [0.4, 0.5) is 0 Å². The van der Waals surface area contributed by atoms with Crippen LogP contribution >= 0.6 is 0 Å². The third-order valence-corrected chi connectivity index (χ3v) is 4.80. The van der Waals surface area contributed by atoms with Crippen LogP contribution in [-0.2, 0) is 16.6 Å². The van der Waals surface area contributed by atoms with Gasteiger partial charge in [0.15, 0.2) is 0 Å². The van der Waals surface area contributed by atoms with E-state index < -0.39 is 10.0 Å². The van der Waals surface area contributed by atoms with Crippen molar-refractivity contribution in [3.05, 3.63) is 60.4 Å². The van der Waals surface area contributed by atoms with Crippen LogP contribution < -0.4 is 5.14 Å². The number of aromatic nitrogens is 5. The Morgan fingerprint density at radius 3 is 2.68 bits per heavy atom. The zero-order chi connectivity index (χ0) is 17.4. The Balaban J connectivity index is 1.56. The van der Waals surface area contributed by atoms with Crippen LogP contribution in [0, 0.1) is 0 Å². The van der Waals surface area contributed by atoms with Gasteiger partial charge in [-0.3, -0.25) is 5.10 Å². The van der Waals surface area contributed by atoms with Gasteiger partial charge in [0.1, 0.15) is 5.69 Å². The molecule has 0 radical (unpaired) electrons. The Kier molecular flexibility index (Phi) is 3.59. The zero-order valence-corrected chi connectivity index (χ0v) is 13.8.